The van der Waals surface area contributed by atoms with Crippen molar-refractivity contribution in [2.45, 2.75) is 18.6 Å². The van der Waals surface area contributed by atoms with Crippen molar-refractivity contribution < 1.29 is 18.0 Å². The number of hydrogen-bond acceptors (Lipinski definition) is 3. The van der Waals surface area contributed by atoms with Crippen LogP contribution < -0.4 is 16.0 Å². The maximum atomic E-state index is 12.3. The van der Waals surface area contributed by atoms with Crippen molar-refractivity contribution in [1.82, 2.24) is 0 Å². The highest BCUT2D eigenvalue weighted by molar-refractivity contribution is 5.99. The number of nitrogens with zero attached hydrogens (tertiary/aromatic N) is 1. The summed E-state index contributed by atoms with van der Waals surface area (Å²) in [5, 5.41) is 2.61. The minimum Gasteiger partial charge on any atom is -0.367 e. The molecule has 0 radical (unpaired) electrons. The zero-order valence-electron chi connectivity index (χ0n) is 10.1. The van der Waals surface area contributed by atoms with Crippen LogP contribution in [0, 0.1) is 0 Å². The van der Waals surface area contributed by atoms with Crippen LogP contribution in [0.25, 0.3) is 0 Å². The molecule has 104 valence electrons. The molecule has 7 heteroatoms. The predicted molar refractivity (Wildman–Crippen MR) is 65.9 cm³/mol. The van der Waals surface area contributed by atoms with E-state index in [0.717, 1.165) is 0 Å². The largest absolute Gasteiger partial charge is 0.390 e. The number of para-hydroxylation sites is 2. The molecule has 19 heavy (non-hydrogen) atoms. The molecule has 0 aliphatic carbocycles. The molecule has 1 heterocycles. The van der Waals surface area contributed by atoms with Gasteiger partial charge in [-0.2, -0.15) is 13.2 Å². The van der Waals surface area contributed by atoms with Crippen LogP contribution in [0.4, 0.5) is 24.5 Å². The van der Waals surface area contributed by atoms with E-state index < -0.39 is 18.6 Å². The lowest BCUT2D eigenvalue weighted by Crippen LogP contribution is -2.43. The SMILES string of the molecule is N[C@H]1CN(CCC(F)(F)F)c2ccccc2NC1=O. The van der Waals surface area contributed by atoms with E-state index in [1.807, 2.05) is 0 Å². The highest BCUT2D eigenvalue weighted by atomic mass is 19.4. The van der Waals surface area contributed by atoms with Gasteiger partial charge >= 0.3 is 6.18 Å². The number of carbonyl (C=O) groups is 1. The van der Waals surface area contributed by atoms with Gasteiger partial charge in [-0.15, -0.1) is 0 Å². The van der Waals surface area contributed by atoms with E-state index in [1.165, 1.54) is 4.90 Å². The van der Waals surface area contributed by atoms with Gasteiger partial charge in [0.05, 0.1) is 17.8 Å². The first kappa shape index (κ1) is 13.7. The Morgan fingerprint density at radius 2 is 2.05 bits per heavy atom. The first-order valence-electron chi connectivity index (χ1n) is 5.84. The summed E-state index contributed by atoms with van der Waals surface area (Å²) in [5.74, 6) is -0.387. The average molecular weight is 273 g/mol. The number of anilines is 2. The fourth-order valence-corrected chi connectivity index (χ4v) is 1.97. The number of amides is 1. The monoisotopic (exact) mass is 273 g/mol. The molecular formula is C12H14F3N3O. The number of nitrogens with one attached hydrogen (secondary N) is 1. The summed E-state index contributed by atoms with van der Waals surface area (Å²) in [6, 6.07) is 5.89. The molecule has 1 amide bonds. The first-order valence-corrected chi connectivity index (χ1v) is 5.84. The number of hydrogen-bond donors (Lipinski definition) is 2. The van der Waals surface area contributed by atoms with E-state index in [9.17, 15) is 18.0 Å². The lowest BCUT2D eigenvalue weighted by Gasteiger charge is -2.25. The van der Waals surface area contributed by atoms with Crippen LogP contribution in [-0.2, 0) is 4.79 Å². The second kappa shape index (κ2) is 5.08. The lowest BCUT2D eigenvalue weighted by molar-refractivity contribution is -0.132. The van der Waals surface area contributed by atoms with Gasteiger partial charge in [-0.25, -0.2) is 0 Å². The topological polar surface area (TPSA) is 58.4 Å². The summed E-state index contributed by atoms with van der Waals surface area (Å²) in [5.41, 5.74) is 6.70. The van der Waals surface area contributed by atoms with E-state index in [4.69, 9.17) is 5.73 Å². The van der Waals surface area contributed by atoms with Gasteiger partial charge in [0.25, 0.3) is 0 Å². The van der Waals surface area contributed by atoms with Gasteiger partial charge in [0.2, 0.25) is 5.91 Å². The third-order valence-corrected chi connectivity index (χ3v) is 2.92. The zero-order chi connectivity index (χ0) is 14.0. The number of benzene rings is 1. The Labute approximate surface area is 108 Å². The maximum Gasteiger partial charge on any atom is 0.390 e. The number of carbonyl (C=O) groups excluding carboxylic acids is 1. The Hall–Kier alpha value is -1.76. The fourth-order valence-electron chi connectivity index (χ4n) is 1.97. The standard InChI is InChI=1S/C12H14F3N3O/c13-12(14,15)5-6-18-7-8(16)11(19)17-9-3-1-2-4-10(9)18/h1-4,8H,5-7,16H2,(H,17,19)/t8-/m0/s1. The fraction of sp³-hybridized carbons (Fsp3) is 0.417. The highest BCUT2D eigenvalue weighted by Crippen LogP contribution is 2.30. The van der Waals surface area contributed by atoms with E-state index in [0.29, 0.717) is 11.4 Å². The third-order valence-electron chi connectivity index (χ3n) is 2.92. The number of halogens is 3. The molecule has 1 aliphatic heterocycles. The quantitative estimate of drug-likeness (QED) is 0.862. The number of nitrogens with two attached hydrogens (primary N) is 1. The molecule has 0 unspecified atom stereocenters. The minimum atomic E-state index is -4.23. The molecule has 0 bridgehead atoms. The Morgan fingerprint density at radius 3 is 2.74 bits per heavy atom. The summed E-state index contributed by atoms with van der Waals surface area (Å²) in [6.07, 6.45) is -5.18. The molecule has 0 saturated carbocycles. The van der Waals surface area contributed by atoms with Crippen LogP contribution in [0.5, 0.6) is 0 Å². The van der Waals surface area contributed by atoms with Crippen LogP contribution in [0.1, 0.15) is 6.42 Å². The Kier molecular flexibility index (Phi) is 3.66. The van der Waals surface area contributed by atoms with Crippen LogP contribution in [-0.4, -0.2) is 31.2 Å². The molecule has 4 nitrogen and oxygen atoms in total. The van der Waals surface area contributed by atoms with E-state index >= 15 is 0 Å². The van der Waals surface area contributed by atoms with Crippen molar-refractivity contribution in [2.75, 3.05) is 23.3 Å². The van der Waals surface area contributed by atoms with Crippen molar-refractivity contribution in [3.05, 3.63) is 24.3 Å². The van der Waals surface area contributed by atoms with Gasteiger partial charge < -0.3 is 16.0 Å². The molecule has 0 spiro atoms. The van der Waals surface area contributed by atoms with Crippen LogP contribution in [0.2, 0.25) is 0 Å². The van der Waals surface area contributed by atoms with Crippen molar-refractivity contribution in [3.63, 3.8) is 0 Å². The van der Waals surface area contributed by atoms with Gasteiger partial charge in [0.15, 0.2) is 0 Å². The predicted octanol–water partition coefficient (Wildman–Crippen LogP) is 1.72. The zero-order valence-corrected chi connectivity index (χ0v) is 10.1. The van der Waals surface area contributed by atoms with E-state index in [1.54, 1.807) is 24.3 Å². The van der Waals surface area contributed by atoms with Gasteiger partial charge in [0, 0.05) is 13.1 Å². The minimum absolute atomic E-state index is 0.0684. The second-order valence-electron chi connectivity index (χ2n) is 4.42. The highest BCUT2D eigenvalue weighted by Gasteiger charge is 2.31. The molecule has 2 rings (SSSR count). The smallest absolute Gasteiger partial charge is 0.367 e. The summed E-state index contributed by atoms with van der Waals surface area (Å²) in [4.78, 5) is 13.1. The Balaban J connectivity index is 2.24. The van der Waals surface area contributed by atoms with Crippen LogP contribution in [0.15, 0.2) is 24.3 Å². The van der Waals surface area contributed by atoms with Crippen molar-refractivity contribution >= 4 is 17.3 Å². The van der Waals surface area contributed by atoms with E-state index in [-0.39, 0.29) is 19.0 Å². The first-order chi connectivity index (χ1) is 8.87. The summed E-state index contributed by atoms with van der Waals surface area (Å²) in [6.45, 7) is -0.151. The van der Waals surface area contributed by atoms with Crippen LogP contribution >= 0.6 is 0 Å². The molecule has 1 atom stereocenters. The molecule has 0 aromatic heterocycles. The molecule has 0 fully saturated rings. The molecule has 1 aromatic carbocycles. The van der Waals surface area contributed by atoms with Gasteiger partial charge in [-0.1, -0.05) is 12.1 Å². The van der Waals surface area contributed by atoms with Crippen molar-refractivity contribution in [2.24, 2.45) is 5.73 Å². The molecule has 0 saturated heterocycles. The van der Waals surface area contributed by atoms with Crippen molar-refractivity contribution in [1.29, 1.82) is 0 Å². The van der Waals surface area contributed by atoms with E-state index in [2.05, 4.69) is 5.32 Å². The number of rotatable bonds is 2. The molecule has 1 aliphatic rings. The molecular weight excluding hydrogens is 259 g/mol. The summed E-state index contributed by atoms with van der Waals surface area (Å²) >= 11 is 0. The Morgan fingerprint density at radius 1 is 1.37 bits per heavy atom. The maximum absolute atomic E-state index is 12.3. The normalized spacial score (nSPS) is 19.7. The Bertz CT molecular complexity index is 476. The number of fused-ring (bicyclic) bond motifs is 1. The molecule has 3 N–H and O–H groups in total. The van der Waals surface area contributed by atoms with Gasteiger partial charge in [0.1, 0.15) is 6.04 Å². The van der Waals surface area contributed by atoms with Gasteiger partial charge in [-0.05, 0) is 12.1 Å². The summed E-state index contributed by atoms with van der Waals surface area (Å²) < 4.78 is 37.0. The van der Waals surface area contributed by atoms with Crippen LogP contribution in [0.3, 0.4) is 0 Å². The molecule has 1 aromatic rings. The third kappa shape index (κ3) is 3.37. The summed E-state index contributed by atoms with van der Waals surface area (Å²) in [7, 11) is 0. The lowest BCUT2D eigenvalue weighted by atomic mass is 10.2. The number of alkyl halides is 3. The average Bonchev–Trinajstić information content (AvgIpc) is 2.44. The van der Waals surface area contributed by atoms with Crippen molar-refractivity contribution in [3.8, 4) is 0 Å². The second-order valence-corrected chi connectivity index (χ2v) is 4.42. The van der Waals surface area contributed by atoms with Gasteiger partial charge in [-0.3, -0.25) is 4.79 Å².